The fraction of sp³-hybridized carbons (Fsp3) is 0.706. The van der Waals surface area contributed by atoms with E-state index in [-0.39, 0.29) is 30.6 Å². The average molecular weight is 311 g/mol. The molecule has 1 unspecified atom stereocenters. The van der Waals surface area contributed by atoms with E-state index in [1.807, 2.05) is 19.1 Å². The molecule has 1 rings (SSSR count). The van der Waals surface area contributed by atoms with E-state index in [1.54, 1.807) is 6.08 Å². The summed E-state index contributed by atoms with van der Waals surface area (Å²) >= 11 is 0. The van der Waals surface area contributed by atoms with Crippen molar-refractivity contribution < 1.29 is 19.5 Å². The molecule has 1 heterocycles. The van der Waals surface area contributed by atoms with Crippen molar-refractivity contribution in [3.8, 4) is 0 Å². The summed E-state index contributed by atoms with van der Waals surface area (Å²) in [7, 11) is 0. The van der Waals surface area contributed by atoms with Gasteiger partial charge in [-0.3, -0.25) is 4.79 Å². The largest absolute Gasteiger partial charge is 0.458 e. The minimum Gasteiger partial charge on any atom is -0.458 e. The molecule has 1 aliphatic rings. The van der Waals surface area contributed by atoms with Crippen LogP contribution in [-0.2, 0) is 14.4 Å². The third-order valence-corrected chi connectivity index (χ3v) is 3.82. The average Bonchev–Trinajstić information content (AvgIpc) is 2.45. The first-order valence-corrected chi connectivity index (χ1v) is 8.05. The summed E-state index contributed by atoms with van der Waals surface area (Å²) in [5.74, 6) is -0.0935. The van der Waals surface area contributed by atoms with E-state index < -0.39 is 0 Å². The molecule has 0 aromatic heterocycles. The Balaban J connectivity index is 2.83. The second-order valence-electron chi connectivity index (χ2n) is 5.82. The number of hydrogen-bond donors (Lipinski definition) is 2. The molecule has 5 heteroatoms. The lowest BCUT2D eigenvalue weighted by molar-refractivity contribution is -0.144. The molecular weight excluding hydrogens is 282 g/mol. The molecule has 0 radical (unpaired) electrons. The first-order valence-electron chi connectivity index (χ1n) is 8.05. The molecule has 1 aliphatic heterocycles. The van der Waals surface area contributed by atoms with Crippen LogP contribution in [-0.4, -0.2) is 36.4 Å². The number of hydrogen-bond acceptors (Lipinski definition) is 5. The maximum absolute atomic E-state index is 11.2. The Kier molecular flexibility index (Phi) is 9.04. The molecule has 0 spiro atoms. The second kappa shape index (κ2) is 10.5. The van der Waals surface area contributed by atoms with Crippen LogP contribution in [0.5, 0.6) is 0 Å². The number of esters is 1. The van der Waals surface area contributed by atoms with Crippen molar-refractivity contribution >= 4 is 5.97 Å². The van der Waals surface area contributed by atoms with E-state index in [4.69, 9.17) is 14.7 Å². The van der Waals surface area contributed by atoms with Crippen molar-refractivity contribution in [2.75, 3.05) is 13.2 Å². The Morgan fingerprint density at radius 2 is 2.14 bits per heavy atom. The van der Waals surface area contributed by atoms with Crippen LogP contribution in [0.25, 0.3) is 0 Å². The van der Waals surface area contributed by atoms with Crippen molar-refractivity contribution in [1.29, 1.82) is 0 Å². The van der Waals surface area contributed by atoms with Gasteiger partial charge in [0.15, 0.2) is 0 Å². The zero-order chi connectivity index (χ0) is 16.4. The van der Waals surface area contributed by atoms with E-state index in [1.165, 1.54) is 6.92 Å². The van der Waals surface area contributed by atoms with Crippen LogP contribution in [0, 0.1) is 5.92 Å². The van der Waals surface area contributed by atoms with Crippen molar-refractivity contribution in [3.05, 3.63) is 23.8 Å². The third kappa shape index (κ3) is 7.20. The van der Waals surface area contributed by atoms with Crippen molar-refractivity contribution in [3.63, 3.8) is 0 Å². The number of hydroxylamine groups is 1. The quantitative estimate of drug-likeness (QED) is 0.619. The van der Waals surface area contributed by atoms with Crippen LogP contribution >= 0.6 is 0 Å². The van der Waals surface area contributed by atoms with Crippen molar-refractivity contribution in [2.24, 2.45) is 5.92 Å². The van der Waals surface area contributed by atoms with E-state index in [9.17, 15) is 4.79 Å². The van der Waals surface area contributed by atoms with Crippen LogP contribution in [0.1, 0.15) is 46.5 Å². The van der Waals surface area contributed by atoms with Crippen molar-refractivity contribution in [2.45, 2.75) is 58.6 Å². The zero-order valence-electron chi connectivity index (χ0n) is 13.9. The van der Waals surface area contributed by atoms with Crippen LogP contribution in [0.2, 0.25) is 0 Å². The number of nitrogens with one attached hydrogen (secondary N) is 1. The van der Waals surface area contributed by atoms with E-state index in [0.717, 1.165) is 31.3 Å². The predicted octanol–water partition coefficient (Wildman–Crippen LogP) is 2.51. The standard InChI is InChI=1S/C17H29NO4/c1-13-8-9-16(22-15(3)20)7-5-4-6-12-21-18-17(13)14(2)10-11-19/h8-10,13,16-19H,4-7,11-12H2,1-3H3/t13-,16?,17-/m0/s1. The van der Waals surface area contributed by atoms with Gasteiger partial charge >= 0.3 is 5.97 Å². The number of rotatable bonds is 3. The van der Waals surface area contributed by atoms with Gasteiger partial charge in [0.2, 0.25) is 0 Å². The lowest BCUT2D eigenvalue weighted by Gasteiger charge is -2.25. The molecule has 0 saturated heterocycles. The summed E-state index contributed by atoms with van der Waals surface area (Å²) < 4.78 is 5.35. The number of aliphatic hydroxyl groups is 1. The molecule has 3 atom stereocenters. The third-order valence-electron chi connectivity index (χ3n) is 3.82. The van der Waals surface area contributed by atoms with Gasteiger partial charge in [0.05, 0.1) is 19.3 Å². The van der Waals surface area contributed by atoms with E-state index >= 15 is 0 Å². The molecule has 0 fully saturated rings. The van der Waals surface area contributed by atoms with Gasteiger partial charge in [-0.2, -0.15) is 5.48 Å². The first-order chi connectivity index (χ1) is 10.5. The van der Waals surface area contributed by atoms with Gasteiger partial charge in [-0.25, -0.2) is 0 Å². The SMILES string of the molecule is CC(=O)OC1C=C[C@H](C)[C@@H](C(C)=CCO)NOCCCCC1. The topological polar surface area (TPSA) is 67.8 Å². The van der Waals surface area contributed by atoms with Crippen LogP contribution in [0.15, 0.2) is 23.8 Å². The summed E-state index contributed by atoms with van der Waals surface area (Å²) in [5, 5.41) is 9.08. The van der Waals surface area contributed by atoms with Gasteiger partial charge in [-0.05, 0) is 38.2 Å². The number of carbonyl (C=O) groups excluding carboxylic acids is 1. The molecule has 0 aromatic carbocycles. The maximum Gasteiger partial charge on any atom is 0.303 e. The molecule has 0 amide bonds. The molecule has 22 heavy (non-hydrogen) atoms. The maximum atomic E-state index is 11.2. The Labute approximate surface area is 133 Å². The Hall–Kier alpha value is -1.17. The highest BCUT2D eigenvalue weighted by atomic mass is 16.6. The fourth-order valence-electron chi connectivity index (χ4n) is 2.55. The van der Waals surface area contributed by atoms with E-state index in [2.05, 4.69) is 12.4 Å². The van der Waals surface area contributed by atoms with Gasteiger partial charge in [0, 0.05) is 6.92 Å². The summed E-state index contributed by atoms with van der Waals surface area (Å²) in [4.78, 5) is 16.8. The van der Waals surface area contributed by atoms with Crippen LogP contribution < -0.4 is 5.48 Å². The minimum atomic E-state index is -0.247. The van der Waals surface area contributed by atoms with Crippen LogP contribution in [0.3, 0.4) is 0 Å². The molecule has 0 bridgehead atoms. The summed E-state index contributed by atoms with van der Waals surface area (Å²) in [6.45, 7) is 6.15. The molecule has 0 aromatic rings. The number of carbonyl (C=O) groups is 1. The molecule has 0 saturated carbocycles. The minimum absolute atomic E-state index is 0.0104. The Morgan fingerprint density at radius 3 is 2.82 bits per heavy atom. The normalized spacial score (nSPS) is 28.5. The Morgan fingerprint density at radius 1 is 1.36 bits per heavy atom. The van der Waals surface area contributed by atoms with E-state index in [0.29, 0.717) is 6.61 Å². The van der Waals surface area contributed by atoms with Gasteiger partial charge in [-0.1, -0.05) is 31.1 Å². The number of ether oxygens (including phenoxy) is 1. The van der Waals surface area contributed by atoms with Crippen LogP contribution in [0.4, 0.5) is 0 Å². The van der Waals surface area contributed by atoms with Gasteiger partial charge in [-0.15, -0.1) is 0 Å². The lowest BCUT2D eigenvalue weighted by Crippen LogP contribution is -2.36. The monoisotopic (exact) mass is 311 g/mol. The van der Waals surface area contributed by atoms with Crippen molar-refractivity contribution in [1.82, 2.24) is 5.48 Å². The molecule has 0 aliphatic carbocycles. The van der Waals surface area contributed by atoms with Gasteiger partial charge in [0.25, 0.3) is 0 Å². The zero-order valence-corrected chi connectivity index (χ0v) is 13.9. The summed E-state index contributed by atoms with van der Waals surface area (Å²) in [5.41, 5.74) is 4.12. The van der Waals surface area contributed by atoms with Gasteiger partial charge in [0.1, 0.15) is 6.10 Å². The lowest BCUT2D eigenvalue weighted by atomic mass is 9.94. The highest BCUT2D eigenvalue weighted by Gasteiger charge is 2.18. The second-order valence-corrected chi connectivity index (χ2v) is 5.82. The molecule has 126 valence electrons. The highest BCUT2D eigenvalue weighted by Crippen LogP contribution is 2.17. The molecular formula is C17H29NO4. The highest BCUT2D eigenvalue weighted by molar-refractivity contribution is 5.66. The smallest absolute Gasteiger partial charge is 0.303 e. The summed E-state index contributed by atoms with van der Waals surface area (Å²) in [6.07, 6.45) is 9.48. The molecule has 2 N–H and O–H groups in total. The Bertz CT molecular complexity index is 392. The summed E-state index contributed by atoms with van der Waals surface area (Å²) in [6, 6.07) is -0.0131. The first kappa shape index (κ1) is 18.9. The fourth-order valence-corrected chi connectivity index (χ4v) is 2.55. The number of aliphatic hydroxyl groups excluding tert-OH is 1. The predicted molar refractivity (Wildman–Crippen MR) is 86.0 cm³/mol. The van der Waals surface area contributed by atoms with Gasteiger partial charge < -0.3 is 14.7 Å². The molecule has 5 nitrogen and oxygen atoms in total.